The first-order valence-corrected chi connectivity index (χ1v) is 17.5. The number of furan rings is 1. The highest BCUT2D eigenvalue weighted by atomic mass is 79.9. The SMILES string of the molecule is CS(=O)(=O)N(Cc1ccccc1)c1cc(C(=O)CN(CCOc2ccc3c(c2)oc2ccccc23)C(=O)c2ccccc2)ccc1Br. The molecular weight excluding hydrogens is 680 g/mol. The standard InChI is InChI=1S/C37H31BrN2O6S/c1-47(43,44)40(24-26-10-4-2-5-11-26)33-22-28(16-19-32(33)38)34(41)25-39(37(42)27-12-6-3-7-13-27)20-21-45-29-17-18-31-30-14-8-9-15-35(30)46-36(31)23-29/h2-19,22-23H,20-21,24-25H2,1H3. The number of hydrogen-bond donors (Lipinski definition) is 0. The molecule has 0 radical (unpaired) electrons. The van der Waals surface area contributed by atoms with Gasteiger partial charge in [0.2, 0.25) is 10.0 Å². The lowest BCUT2D eigenvalue weighted by atomic mass is 10.1. The van der Waals surface area contributed by atoms with Crippen LogP contribution in [0.25, 0.3) is 21.9 Å². The fourth-order valence-corrected chi connectivity index (χ4v) is 6.83. The number of nitrogens with zero attached hydrogens (tertiary/aromatic N) is 2. The molecule has 47 heavy (non-hydrogen) atoms. The Labute approximate surface area is 281 Å². The number of para-hydroxylation sites is 1. The molecule has 0 N–H and O–H groups in total. The Morgan fingerprint density at radius 1 is 0.766 bits per heavy atom. The summed E-state index contributed by atoms with van der Waals surface area (Å²) in [4.78, 5) is 28.8. The Morgan fingerprint density at radius 2 is 1.45 bits per heavy atom. The topological polar surface area (TPSA) is 97.1 Å². The van der Waals surface area contributed by atoms with Crippen LogP contribution < -0.4 is 9.04 Å². The number of ketones is 1. The van der Waals surface area contributed by atoms with Gasteiger partial charge < -0.3 is 14.1 Å². The number of carbonyl (C=O) groups is 2. The molecular formula is C37H31BrN2O6S. The number of ether oxygens (including phenoxy) is 1. The molecule has 0 atom stereocenters. The maximum Gasteiger partial charge on any atom is 0.254 e. The molecule has 0 spiro atoms. The average molecular weight is 712 g/mol. The Balaban J connectivity index is 1.22. The molecule has 0 saturated carbocycles. The summed E-state index contributed by atoms with van der Waals surface area (Å²) >= 11 is 3.47. The molecule has 0 aliphatic rings. The average Bonchev–Trinajstić information content (AvgIpc) is 3.45. The van der Waals surface area contributed by atoms with Gasteiger partial charge in [-0.05, 0) is 64.0 Å². The summed E-state index contributed by atoms with van der Waals surface area (Å²) in [6, 6.07) is 36.1. The van der Waals surface area contributed by atoms with Crippen LogP contribution in [0.2, 0.25) is 0 Å². The van der Waals surface area contributed by atoms with Crippen molar-refractivity contribution in [2.24, 2.45) is 0 Å². The highest BCUT2D eigenvalue weighted by Crippen LogP contribution is 2.32. The predicted octanol–water partition coefficient (Wildman–Crippen LogP) is 7.72. The number of halogens is 1. The monoisotopic (exact) mass is 710 g/mol. The zero-order valence-corrected chi connectivity index (χ0v) is 27.9. The van der Waals surface area contributed by atoms with E-state index >= 15 is 0 Å². The third-order valence-corrected chi connectivity index (χ3v) is 9.53. The summed E-state index contributed by atoms with van der Waals surface area (Å²) in [5.74, 6) is -0.0961. The van der Waals surface area contributed by atoms with E-state index in [9.17, 15) is 18.0 Å². The lowest BCUT2D eigenvalue weighted by molar-refractivity contribution is 0.0686. The fraction of sp³-hybridized carbons (Fsp3) is 0.135. The van der Waals surface area contributed by atoms with Crippen LogP contribution >= 0.6 is 15.9 Å². The number of carbonyl (C=O) groups excluding carboxylic acids is 2. The first-order valence-electron chi connectivity index (χ1n) is 14.9. The van der Waals surface area contributed by atoms with Crippen molar-refractivity contribution in [2.45, 2.75) is 6.54 Å². The molecule has 0 fully saturated rings. The van der Waals surface area contributed by atoms with Gasteiger partial charge in [0, 0.05) is 32.4 Å². The van der Waals surface area contributed by atoms with Crippen LogP contribution in [0, 0.1) is 0 Å². The maximum atomic E-state index is 13.7. The molecule has 6 aromatic rings. The maximum absolute atomic E-state index is 13.7. The molecule has 0 aliphatic heterocycles. The summed E-state index contributed by atoms with van der Waals surface area (Å²) in [6.07, 6.45) is 1.13. The molecule has 1 amide bonds. The van der Waals surface area contributed by atoms with Gasteiger partial charge in [-0.3, -0.25) is 13.9 Å². The van der Waals surface area contributed by atoms with E-state index in [1.165, 1.54) is 9.21 Å². The van der Waals surface area contributed by atoms with E-state index in [0.717, 1.165) is 28.2 Å². The van der Waals surface area contributed by atoms with Crippen LogP contribution in [0.15, 0.2) is 130 Å². The minimum atomic E-state index is -3.71. The number of fused-ring (bicyclic) bond motifs is 3. The van der Waals surface area contributed by atoms with Gasteiger partial charge in [0.25, 0.3) is 5.91 Å². The Kier molecular flexibility index (Phi) is 9.42. The van der Waals surface area contributed by atoms with Crippen LogP contribution in [0.5, 0.6) is 5.75 Å². The quantitative estimate of drug-likeness (QED) is 0.121. The molecule has 0 bridgehead atoms. The third-order valence-electron chi connectivity index (χ3n) is 7.73. The van der Waals surface area contributed by atoms with Gasteiger partial charge >= 0.3 is 0 Å². The summed E-state index contributed by atoms with van der Waals surface area (Å²) in [5, 5.41) is 1.99. The molecule has 1 heterocycles. The van der Waals surface area contributed by atoms with Crippen molar-refractivity contribution < 1.29 is 27.2 Å². The normalized spacial score (nSPS) is 11.4. The summed E-state index contributed by atoms with van der Waals surface area (Å²) in [5.41, 5.74) is 3.30. The second-order valence-corrected chi connectivity index (χ2v) is 13.8. The molecule has 6 rings (SSSR count). The van der Waals surface area contributed by atoms with Gasteiger partial charge in [-0.15, -0.1) is 0 Å². The zero-order valence-electron chi connectivity index (χ0n) is 25.5. The smallest absolute Gasteiger partial charge is 0.254 e. The van der Waals surface area contributed by atoms with Crippen LogP contribution in [-0.4, -0.2) is 51.0 Å². The highest BCUT2D eigenvalue weighted by Gasteiger charge is 2.24. The predicted molar refractivity (Wildman–Crippen MR) is 188 cm³/mol. The van der Waals surface area contributed by atoms with E-state index in [0.29, 0.717) is 27.1 Å². The van der Waals surface area contributed by atoms with Gasteiger partial charge in [-0.2, -0.15) is 0 Å². The van der Waals surface area contributed by atoms with Gasteiger partial charge in [-0.1, -0.05) is 72.8 Å². The van der Waals surface area contributed by atoms with E-state index < -0.39 is 10.0 Å². The largest absolute Gasteiger partial charge is 0.492 e. The molecule has 0 saturated heterocycles. The zero-order chi connectivity index (χ0) is 33.0. The van der Waals surface area contributed by atoms with Crippen LogP contribution in [0.3, 0.4) is 0 Å². The van der Waals surface area contributed by atoms with E-state index in [4.69, 9.17) is 9.15 Å². The number of sulfonamides is 1. The van der Waals surface area contributed by atoms with Gasteiger partial charge in [-0.25, -0.2) is 8.42 Å². The number of anilines is 1. The first-order chi connectivity index (χ1) is 22.7. The second kappa shape index (κ2) is 13.8. The highest BCUT2D eigenvalue weighted by molar-refractivity contribution is 9.10. The van der Waals surface area contributed by atoms with Crippen molar-refractivity contribution in [2.75, 3.05) is 30.3 Å². The van der Waals surface area contributed by atoms with Crippen molar-refractivity contribution in [3.8, 4) is 5.75 Å². The number of Topliss-reactive ketones (excluding diaryl/α,β-unsaturated/α-hetero) is 1. The number of rotatable bonds is 12. The van der Waals surface area contributed by atoms with Gasteiger partial charge in [0.1, 0.15) is 23.5 Å². The van der Waals surface area contributed by atoms with Crippen molar-refractivity contribution in [3.63, 3.8) is 0 Å². The fourth-order valence-electron chi connectivity index (χ4n) is 5.36. The minimum Gasteiger partial charge on any atom is -0.492 e. The number of hydrogen-bond acceptors (Lipinski definition) is 6. The van der Waals surface area contributed by atoms with Crippen molar-refractivity contribution >= 4 is 65.3 Å². The number of benzene rings is 5. The van der Waals surface area contributed by atoms with Crippen molar-refractivity contribution in [1.82, 2.24) is 4.90 Å². The van der Waals surface area contributed by atoms with E-state index in [1.54, 1.807) is 42.5 Å². The first kappa shape index (κ1) is 32.0. The van der Waals surface area contributed by atoms with Gasteiger partial charge in [0.15, 0.2) is 5.78 Å². The van der Waals surface area contributed by atoms with Crippen LogP contribution in [-0.2, 0) is 16.6 Å². The lowest BCUT2D eigenvalue weighted by Gasteiger charge is -2.25. The summed E-state index contributed by atoms with van der Waals surface area (Å²) in [7, 11) is -3.71. The molecule has 238 valence electrons. The molecule has 8 nitrogen and oxygen atoms in total. The lowest BCUT2D eigenvalue weighted by Crippen LogP contribution is -2.38. The Bertz CT molecular complexity index is 2170. The van der Waals surface area contributed by atoms with Crippen LogP contribution in [0.1, 0.15) is 26.3 Å². The van der Waals surface area contributed by atoms with E-state index in [2.05, 4.69) is 15.9 Å². The van der Waals surface area contributed by atoms with E-state index in [1.807, 2.05) is 78.9 Å². The Morgan fingerprint density at radius 3 is 2.19 bits per heavy atom. The molecule has 10 heteroatoms. The number of amides is 1. The van der Waals surface area contributed by atoms with Crippen molar-refractivity contribution in [3.05, 3.63) is 142 Å². The third kappa shape index (κ3) is 7.40. The Hall–Kier alpha value is -4.93. The molecule has 5 aromatic carbocycles. The minimum absolute atomic E-state index is 0.0890. The summed E-state index contributed by atoms with van der Waals surface area (Å²) in [6.45, 7) is 0.108. The molecule has 1 aromatic heterocycles. The molecule has 0 unspecified atom stereocenters. The van der Waals surface area contributed by atoms with Crippen LogP contribution in [0.4, 0.5) is 5.69 Å². The van der Waals surface area contributed by atoms with Gasteiger partial charge in [0.05, 0.1) is 31.6 Å². The summed E-state index contributed by atoms with van der Waals surface area (Å²) < 4.78 is 39.6. The van der Waals surface area contributed by atoms with E-state index in [-0.39, 0.29) is 43.5 Å². The van der Waals surface area contributed by atoms with Crippen molar-refractivity contribution in [1.29, 1.82) is 0 Å². The molecule has 0 aliphatic carbocycles. The second-order valence-electron chi connectivity index (χ2n) is 11.0.